The van der Waals surface area contributed by atoms with Crippen LogP contribution in [0.25, 0.3) is 0 Å². The molecule has 0 saturated carbocycles. The maximum atomic E-state index is 13.8. The van der Waals surface area contributed by atoms with Gasteiger partial charge in [-0.15, -0.1) is 0 Å². The van der Waals surface area contributed by atoms with Crippen molar-refractivity contribution in [2.45, 2.75) is 20.3 Å². The van der Waals surface area contributed by atoms with Gasteiger partial charge in [0.2, 0.25) is 5.95 Å². The van der Waals surface area contributed by atoms with Crippen molar-refractivity contribution in [3.63, 3.8) is 0 Å². The maximum Gasteiger partial charge on any atom is 0.224 e. The number of halogens is 2. The lowest BCUT2D eigenvalue weighted by Gasteiger charge is -2.11. The standard InChI is InChI=1S/C14H16BrFN4/c1-3-7-17-14-18-8-11(16)13(20-14)19-12-6-4-5-10(15)9(12)2/h4-6,8H,3,7H2,1-2H3,(H2,17,18,19,20). The quantitative estimate of drug-likeness (QED) is 0.855. The number of hydrogen-bond donors (Lipinski definition) is 2. The summed E-state index contributed by atoms with van der Waals surface area (Å²) >= 11 is 3.45. The molecule has 0 saturated heterocycles. The van der Waals surface area contributed by atoms with Gasteiger partial charge in [0.1, 0.15) is 0 Å². The Balaban J connectivity index is 2.26. The van der Waals surface area contributed by atoms with Crippen molar-refractivity contribution in [1.82, 2.24) is 9.97 Å². The second-order valence-electron chi connectivity index (χ2n) is 4.35. The van der Waals surface area contributed by atoms with Crippen molar-refractivity contribution in [2.24, 2.45) is 0 Å². The molecule has 0 aliphatic carbocycles. The van der Waals surface area contributed by atoms with E-state index in [0.717, 1.165) is 28.7 Å². The molecule has 1 heterocycles. The van der Waals surface area contributed by atoms with Crippen LogP contribution < -0.4 is 10.6 Å². The fourth-order valence-electron chi connectivity index (χ4n) is 1.65. The first-order valence-corrected chi connectivity index (χ1v) is 7.19. The molecule has 0 bridgehead atoms. The summed E-state index contributed by atoms with van der Waals surface area (Å²) < 4.78 is 14.7. The van der Waals surface area contributed by atoms with Crippen LogP contribution in [0.3, 0.4) is 0 Å². The van der Waals surface area contributed by atoms with E-state index in [1.165, 1.54) is 6.20 Å². The summed E-state index contributed by atoms with van der Waals surface area (Å²) in [4.78, 5) is 8.06. The van der Waals surface area contributed by atoms with E-state index in [1.807, 2.05) is 32.0 Å². The van der Waals surface area contributed by atoms with Crippen molar-refractivity contribution < 1.29 is 4.39 Å². The van der Waals surface area contributed by atoms with Crippen LogP contribution in [0.1, 0.15) is 18.9 Å². The van der Waals surface area contributed by atoms with E-state index < -0.39 is 5.82 Å². The first-order chi connectivity index (χ1) is 9.61. The van der Waals surface area contributed by atoms with Gasteiger partial charge in [-0.25, -0.2) is 9.37 Å². The molecule has 0 aliphatic heterocycles. The predicted molar refractivity (Wildman–Crippen MR) is 82.9 cm³/mol. The molecule has 0 amide bonds. The van der Waals surface area contributed by atoms with E-state index >= 15 is 0 Å². The third-order valence-corrected chi connectivity index (χ3v) is 3.66. The normalized spacial score (nSPS) is 10.4. The van der Waals surface area contributed by atoms with Gasteiger partial charge in [-0.05, 0) is 31.0 Å². The SMILES string of the molecule is CCCNc1ncc(F)c(Nc2cccc(Br)c2C)n1. The van der Waals surface area contributed by atoms with Crippen molar-refractivity contribution in [1.29, 1.82) is 0 Å². The summed E-state index contributed by atoms with van der Waals surface area (Å²) in [6.07, 6.45) is 2.12. The molecule has 0 fully saturated rings. The van der Waals surface area contributed by atoms with E-state index in [4.69, 9.17) is 0 Å². The Bertz CT molecular complexity index is 604. The molecule has 2 rings (SSSR count). The van der Waals surface area contributed by atoms with Crippen molar-refractivity contribution in [3.8, 4) is 0 Å². The summed E-state index contributed by atoms with van der Waals surface area (Å²) in [5.41, 5.74) is 1.80. The number of nitrogens with zero attached hydrogens (tertiary/aromatic N) is 2. The molecule has 106 valence electrons. The molecule has 2 N–H and O–H groups in total. The molecule has 1 aromatic carbocycles. The van der Waals surface area contributed by atoms with E-state index in [9.17, 15) is 4.39 Å². The molecule has 4 nitrogen and oxygen atoms in total. The van der Waals surface area contributed by atoms with Crippen LogP contribution in [0.15, 0.2) is 28.9 Å². The van der Waals surface area contributed by atoms with Gasteiger partial charge in [0, 0.05) is 16.7 Å². The van der Waals surface area contributed by atoms with E-state index in [0.29, 0.717) is 5.95 Å². The van der Waals surface area contributed by atoms with E-state index in [1.54, 1.807) is 0 Å². The third kappa shape index (κ3) is 3.45. The molecule has 0 atom stereocenters. The summed E-state index contributed by atoms with van der Waals surface area (Å²) in [6.45, 7) is 4.74. The zero-order valence-corrected chi connectivity index (χ0v) is 13.0. The smallest absolute Gasteiger partial charge is 0.224 e. The largest absolute Gasteiger partial charge is 0.354 e. The van der Waals surface area contributed by atoms with Crippen molar-refractivity contribution in [2.75, 3.05) is 17.2 Å². The average molecular weight is 339 g/mol. The highest BCUT2D eigenvalue weighted by Crippen LogP contribution is 2.26. The average Bonchev–Trinajstić information content (AvgIpc) is 2.44. The van der Waals surface area contributed by atoms with Crippen LogP contribution in [0.4, 0.5) is 21.8 Å². The number of nitrogens with one attached hydrogen (secondary N) is 2. The van der Waals surface area contributed by atoms with Gasteiger partial charge in [0.15, 0.2) is 11.6 Å². The molecule has 0 radical (unpaired) electrons. The second-order valence-corrected chi connectivity index (χ2v) is 5.21. The fourth-order valence-corrected chi connectivity index (χ4v) is 2.01. The molecule has 20 heavy (non-hydrogen) atoms. The van der Waals surface area contributed by atoms with Crippen LogP contribution in [-0.4, -0.2) is 16.5 Å². The number of aromatic nitrogens is 2. The Labute approximate surface area is 126 Å². The van der Waals surface area contributed by atoms with E-state index in [-0.39, 0.29) is 5.82 Å². The van der Waals surface area contributed by atoms with Crippen LogP contribution in [0.2, 0.25) is 0 Å². The summed E-state index contributed by atoms with van der Waals surface area (Å²) in [5, 5.41) is 6.04. The van der Waals surface area contributed by atoms with Gasteiger partial charge in [-0.2, -0.15) is 4.98 Å². The number of rotatable bonds is 5. The van der Waals surface area contributed by atoms with Gasteiger partial charge >= 0.3 is 0 Å². The molecular formula is C14H16BrFN4. The van der Waals surface area contributed by atoms with Crippen LogP contribution in [-0.2, 0) is 0 Å². The summed E-state index contributed by atoms with van der Waals surface area (Å²) in [7, 11) is 0. The zero-order chi connectivity index (χ0) is 14.5. The van der Waals surface area contributed by atoms with Gasteiger partial charge in [-0.3, -0.25) is 0 Å². The third-order valence-electron chi connectivity index (χ3n) is 2.80. The van der Waals surface area contributed by atoms with Crippen LogP contribution >= 0.6 is 15.9 Å². The minimum Gasteiger partial charge on any atom is -0.354 e. The fraction of sp³-hybridized carbons (Fsp3) is 0.286. The topological polar surface area (TPSA) is 49.8 Å². The van der Waals surface area contributed by atoms with Gasteiger partial charge in [0.25, 0.3) is 0 Å². The Hall–Kier alpha value is -1.69. The number of hydrogen-bond acceptors (Lipinski definition) is 4. The highest BCUT2D eigenvalue weighted by Gasteiger charge is 2.09. The lowest BCUT2D eigenvalue weighted by atomic mass is 10.2. The highest BCUT2D eigenvalue weighted by atomic mass is 79.9. The zero-order valence-electron chi connectivity index (χ0n) is 11.4. The molecule has 0 spiro atoms. The van der Waals surface area contributed by atoms with Crippen molar-refractivity contribution >= 4 is 33.4 Å². The number of anilines is 3. The summed E-state index contributed by atoms with van der Waals surface area (Å²) in [5.74, 6) is 0.106. The van der Waals surface area contributed by atoms with Gasteiger partial charge < -0.3 is 10.6 Å². The minimum absolute atomic E-state index is 0.166. The summed E-state index contributed by atoms with van der Waals surface area (Å²) in [6, 6.07) is 5.70. The van der Waals surface area contributed by atoms with Crippen LogP contribution in [0, 0.1) is 12.7 Å². The second kappa shape index (κ2) is 6.65. The molecule has 2 aromatic rings. The molecule has 1 aromatic heterocycles. The molecule has 0 unspecified atom stereocenters. The first kappa shape index (κ1) is 14.7. The lowest BCUT2D eigenvalue weighted by molar-refractivity contribution is 0.619. The van der Waals surface area contributed by atoms with Crippen LogP contribution in [0.5, 0.6) is 0 Å². The van der Waals surface area contributed by atoms with Gasteiger partial charge in [-0.1, -0.05) is 28.9 Å². The predicted octanol–water partition coefficient (Wildman–Crippen LogP) is 4.25. The maximum absolute atomic E-state index is 13.8. The van der Waals surface area contributed by atoms with Crippen molar-refractivity contribution in [3.05, 3.63) is 40.2 Å². The van der Waals surface area contributed by atoms with Gasteiger partial charge in [0.05, 0.1) is 6.20 Å². The monoisotopic (exact) mass is 338 g/mol. The molecule has 6 heteroatoms. The lowest BCUT2D eigenvalue weighted by Crippen LogP contribution is -2.07. The molecule has 0 aliphatic rings. The first-order valence-electron chi connectivity index (χ1n) is 6.40. The number of benzene rings is 1. The van der Waals surface area contributed by atoms with E-state index in [2.05, 4.69) is 36.5 Å². The Morgan fingerprint density at radius 3 is 2.90 bits per heavy atom. The highest BCUT2D eigenvalue weighted by molar-refractivity contribution is 9.10. The minimum atomic E-state index is -0.480. The Morgan fingerprint density at radius 1 is 1.35 bits per heavy atom. The Morgan fingerprint density at radius 2 is 2.15 bits per heavy atom. The Kier molecular flexibility index (Phi) is 4.89. The molecular weight excluding hydrogens is 323 g/mol.